The lowest BCUT2D eigenvalue weighted by Crippen LogP contribution is -2.12. The number of ether oxygens (including phenoxy) is 1. The van der Waals surface area contributed by atoms with Crippen LogP contribution in [0, 0.1) is 0 Å². The average Bonchev–Trinajstić information content (AvgIpc) is 2.34. The smallest absolute Gasteiger partial charge is 0.303 e. The van der Waals surface area contributed by atoms with Crippen LogP contribution in [0.1, 0.15) is 18.9 Å². The molecule has 1 atom stereocenters. The van der Waals surface area contributed by atoms with Crippen molar-refractivity contribution in [2.75, 3.05) is 0 Å². The molecule has 1 aromatic rings. The second-order valence-corrected chi connectivity index (χ2v) is 4.70. The van der Waals surface area contributed by atoms with Gasteiger partial charge in [0, 0.05) is 16.9 Å². The monoisotopic (exact) mass is 342 g/mol. The molecule has 0 fully saturated rings. The fourth-order valence-corrected chi connectivity index (χ4v) is 1.95. The third-order valence-corrected chi connectivity index (χ3v) is 3.22. The highest BCUT2D eigenvalue weighted by molar-refractivity contribution is 14.1. The fraction of sp³-hybridized carbons (Fsp3) is 0.214. The maximum Gasteiger partial charge on any atom is 0.303 e. The number of hydrogen-bond donors (Lipinski definition) is 0. The van der Waals surface area contributed by atoms with Crippen molar-refractivity contribution in [1.82, 2.24) is 0 Å². The molecular weight excluding hydrogens is 327 g/mol. The maximum atomic E-state index is 10.8. The molecule has 0 radical (unpaired) electrons. The van der Waals surface area contributed by atoms with E-state index in [0.717, 1.165) is 3.58 Å². The molecule has 0 spiro atoms. The van der Waals surface area contributed by atoms with E-state index in [4.69, 9.17) is 4.74 Å². The van der Waals surface area contributed by atoms with Gasteiger partial charge in [0.2, 0.25) is 0 Å². The Morgan fingerprint density at radius 2 is 2.12 bits per heavy atom. The Labute approximate surface area is 116 Å². The molecule has 90 valence electrons. The lowest BCUT2D eigenvalue weighted by atomic mass is 10.1. The molecule has 0 heterocycles. The Bertz CT molecular complexity index is 409. The van der Waals surface area contributed by atoms with Crippen molar-refractivity contribution in [3.05, 3.63) is 54.6 Å². The van der Waals surface area contributed by atoms with Gasteiger partial charge in [-0.15, -0.1) is 0 Å². The largest absolute Gasteiger partial charge is 0.458 e. The molecule has 1 rings (SSSR count). The van der Waals surface area contributed by atoms with Crippen LogP contribution >= 0.6 is 22.6 Å². The van der Waals surface area contributed by atoms with E-state index in [9.17, 15) is 4.79 Å². The van der Waals surface area contributed by atoms with E-state index in [1.54, 1.807) is 6.08 Å². The Kier molecular flexibility index (Phi) is 5.97. The molecule has 0 aliphatic carbocycles. The summed E-state index contributed by atoms with van der Waals surface area (Å²) in [7, 11) is 0. The SMILES string of the molecule is C=C[C@@H](C/C=C(\I)c1ccccc1)OC(C)=O. The molecule has 1 aromatic carbocycles. The van der Waals surface area contributed by atoms with Crippen molar-refractivity contribution >= 4 is 32.1 Å². The van der Waals surface area contributed by atoms with Crippen LogP contribution in [0.25, 0.3) is 3.58 Å². The zero-order valence-corrected chi connectivity index (χ0v) is 11.9. The lowest BCUT2D eigenvalue weighted by molar-refractivity contribution is -0.143. The molecule has 0 saturated heterocycles. The van der Waals surface area contributed by atoms with Gasteiger partial charge in [-0.2, -0.15) is 0 Å². The van der Waals surface area contributed by atoms with Crippen molar-refractivity contribution < 1.29 is 9.53 Å². The van der Waals surface area contributed by atoms with Crippen LogP contribution in [0.2, 0.25) is 0 Å². The topological polar surface area (TPSA) is 26.3 Å². The molecule has 0 aliphatic rings. The number of rotatable bonds is 5. The molecule has 17 heavy (non-hydrogen) atoms. The standard InChI is InChI=1S/C14H15IO2/c1-3-13(17-11(2)16)9-10-14(15)12-7-5-4-6-8-12/h3-8,10,13H,1,9H2,2H3/b14-10-/t13-/m0/s1. The first-order valence-electron chi connectivity index (χ1n) is 5.34. The molecular formula is C14H15IO2. The van der Waals surface area contributed by atoms with Crippen molar-refractivity contribution in [2.45, 2.75) is 19.4 Å². The van der Waals surface area contributed by atoms with E-state index in [1.165, 1.54) is 12.5 Å². The first-order valence-corrected chi connectivity index (χ1v) is 6.42. The Hall–Kier alpha value is -1.10. The summed E-state index contributed by atoms with van der Waals surface area (Å²) in [5.74, 6) is -0.280. The van der Waals surface area contributed by atoms with E-state index in [-0.39, 0.29) is 12.1 Å². The number of carbonyl (C=O) groups is 1. The highest BCUT2D eigenvalue weighted by Crippen LogP contribution is 2.22. The fourth-order valence-electron chi connectivity index (χ4n) is 1.34. The summed E-state index contributed by atoms with van der Waals surface area (Å²) in [6.45, 7) is 5.06. The third-order valence-electron chi connectivity index (χ3n) is 2.16. The average molecular weight is 342 g/mol. The minimum Gasteiger partial charge on any atom is -0.458 e. The number of hydrogen-bond acceptors (Lipinski definition) is 2. The number of carbonyl (C=O) groups excluding carboxylic acids is 1. The van der Waals surface area contributed by atoms with Gasteiger partial charge in [-0.25, -0.2) is 0 Å². The summed E-state index contributed by atoms with van der Waals surface area (Å²) in [6, 6.07) is 10.1. The second-order valence-electron chi connectivity index (χ2n) is 3.54. The Balaban J connectivity index is 2.63. The van der Waals surface area contributed by atoms with Crippen molar-refractivity contribution in [2.24, 2.45) is 0 Å². The summed E-state index contributed by atoms with van der Waals surface area (Å²) in [4.78, 5) is 10.8. The molecule has 0 amide bonds. The van der Waals surface area contributed by atoms with Crippen LogP contribution in [0.5, 0.6) is 0 Å². The van der Waals surface area contributed by atoms with Gasteiger partial charge in [0.15, 0.2) is 0 Å². The summed E-state index contributed by atoms with van der Waals surface area (Å²) in [5.41, 5.74) is 1.17. The van der Waals surface area contributed by atoms with Crippen molar-refractivity contribution in [1.29, 1.82) is 0 Å². The van der Waals surface area contributed by atoms with Crippen LogP contribution in [0.3, 0.4) is 0 Å². The molecule has 0 aliphatic heterocycles. The highest BCUT2D eigenvalue weighted by atomic mass is 127. The maximum absolute atomic E-state index is 10.8. The lowest BCUT2D eigenvalue weighted by Gasteiger charge is -2.10. The second kappa shape index (κ2) is 7.27. The Morgan fingerprint density at radius 3 is 2.65 bits per heavy atom. The van der Waals surface area contributed by atoms with E-state index in [1.807, 2.05) is 36.4 Å². The summed E-state index contributed by atoms with van der Waals surface area (Å²) >= 11 is 2.28. The number of esters is 1. The molecule has 0 unspecified atom stereocenters. The quantitative estimate of drug-likeness (QED) is 0.460. The summed E-state index contributed by atoms with van der Waals surface area (Å²) in [6.07, 6.45) is 4.09. The minimum atomic E-state index is -0.280. The zero-order valence-electron chi connectivity index (χ0n) is 9.73. The molecule has 0 saturated carbocycles. The number of benzene rings is 1. The molecule has 2 nitrogen and oxygen atoms in total. The zero-order chi connectivity index (χ0) is 12.7. The van der Waals surface area contributed by atoms with Crippen LogP contribution < -0.4 is 0 Å². The van der Waals surface area contributed by atoms with Crippen molar-refractivity contribution in [3.63, 3.8) is 0 Å². The van der Waals surface area contributed by atoms with Gasteiger partial charge in [0.1, 0.15) is 6.10 Å². The van der Waals surface area contributed by atoms with Crippen LogP contribution in [-0.4, -0.2) is 12.1 Å². The van der Waals surface area contributed by atoms with Gasteiger partial charge in [0.25, 0.3) is 0 Å². The summed E-state index contributed by atoms with van der Waals surface area (Å²) < 4.78 is 6.22. The van der Waals surface area contributed by atoms with Crippen LogP contribution in [0.15, 0.2) is 49.1 Å². The van der Waals surface area contributed by atoms with E-state index >= 15 is 0 Å². The van der Waals surface area contributed by atoms with Gasteiger partial charge in [-0.3, -0.25) is 4.79 Å². The van der Waals surface area contributed by atoms with Gasteiger partial charge < -0.3 is 4.74 Å². The van der Waals surface area contributed by atoms with Gasteiger partial charge in [-0.05, 0) is 28.2 Å². The molecule has 0 aromatic heterocycles. The molecule has 0 bridgehead atoms. The third kappa shape index (κ3) is 5.17. The van der Waals surface area contributed by atoms with Gasteiger partial charge in [0.05, 0.1) is 0 Å². The predicted molar refractivity (Wildman–Crippen MR) is 78.8 cm³/mol. The highest BCUT2D eigenvalue weighted by Gasteiger charge is 2.06. The molecule has 3 heteroatoms. The first kappa shape index (κ1) is 14.0. The van der Waals surface area contributed by atoms with Gasteiger partial charge in [-0.1, -0.05) is 49.1 Å². The van der Waals surface area contributed by atoms with Crippen LogP contribution in [-0.2, 0) is 9.53 Å². The number of halogens is 1. The van der Waals surface area contributed by atoms with E-state index in [2.05, 4.69) is 29.2 Å². The minimum absolute atomic E-state index is 0.249. The Morgan fingerprint density at radius 1 is 1.47 bits per heavy atom. The predicted octanol–water partition coefficient (Wildman–Crippen LogP) is 3.97. The molecule has 0 N–H and O–H groups in total. The van der Waals surface area contributed by atoms with Crippen molar-refractivity contribution in [3.8, 4) is 0 Å². The van der Waals surface area contributed by atoms with Crippen LogP contribution in [0.4, 0.5) is 0 Å². The first-order chi connectivity index (χ1) is 8.13. The van der Waals surface area contributed by atoms with Gasteiger partial charge >= 0.3 is 5.97 Å². The normalized spacial score (nSPS) is 12.9. The summed E-state index contributed by atoms with van der Waals surface area (Å²) in [5, 5.41) is 0. The van der Waals surface area contributed by atoms with E-state index in [0.29, 0.717) is 6.42 Å². The van der Waals surface area contributed by atoms with E-state index < -0.39 is 0 Å².